The summed E-state index contributed by atoms with van der Waals surface area (Å²) in [7, 11) is 0. The lowest BCUT2D eigenvalue weighted by Gasteiger charge is -2.47. The largest absolute Gasteiger partial charge is 0.393 e. The number of aliphatic hydroxyl groups is 1. The van der Waals surface area contributed by atoms with Gasteiger partial charge in [0, 0.05) is 6.04 Å². The van der Waals surface area contributed by atoms with Crippen LogP contribution < -0.4 is 5.32 Å². The van der Waals surface area contributed by atoms with Crippen molar-refractivity contribution in [1.82, 2.24) is 10.2 Å². The molecule has 2 N–H and O–H groups in total. The third-order valence-electron chi connectivity index (χ3n) is 7.03. The summed E-state index contributed by atoms with van der Waals surface area (Å²) in [5.41, 5.74) is 0.688. The molecule has 3 rings (SSSR count). The van der Waals surface area contributed by atoms with Gasteiger partial charge >= 0.3 is 0 Å². The highest BCUT2D eigenvalue weighted by Crippen LogP contribution is 2.44. The monoisotopic (exact) mass is 394 g/mol. The van der Waals surface area contributed by atoms with Crippen LogP contribution in [0.4, 0.5) is 0 Å². The van der Waals surface area contributed by atoms with Crippen LogP contribution in [-0.2, 0) is 0 Å². The van der Waals surface area contributed by atoms with E-state index >= 15 is 0 Å². The Hall–Kier alpha value is 0.460. The molecule has 0 radical (unpaired) electrons. The first-order chi connectivity index (χ1) is 11.1. The average molecular weight is 395 g/mol. The number of nitrogens with zero attached hydrogens (tertiary/aromatic N) is 1. The van der Waals surface area contributed by atoms with Crippen molar-refractivity contribution in [3.05, 3.63) is 0 Å². The van der Waals surface area contributed by atoms with Gasteiger partial charge in [-0.15, -0.1) is 24.8 Å². The molecule has 1 atom stereocenters. The number of likely N-dealkylation sites (tertiary alicyclic amines) is 1. The number of halogens is 2. The van der Waals surface area contributed by atoms with E-state index in [4.69, 9.17) is 0 Å². The van der Waals surface area contributed by atoms with Crippen LogP contribution in [-0.4, -0.2) is 48.3 Å². The van der Waals surface area contributed by atoms with Crippen LogP contribution >= 0.6 is 24.8 Å². The Kier molecular flexibility index (Phi) is 10.1. The summed E-state index contributed by atoms with van der Waals surface area (Å²) in [6.45, 7) is 9.36. The Balaban J connectivity index is 0.00000156. The zero-order chi connectivity index (χ0) is 16.3. The van der Waals surface area contributed by atoms with Gasteiger partial charge in [-0.1, -0.05) is 13.8 Å². The second-order valence-corrected chi connectivity index (χ2v) is 9.05. The molecule has 1 spiro atoms. The molecule has 1 saturated carbocycles. The standard InChI is InChI=1S/C20H38N2O.2ClH/c1-16(2)15-19(23)17-5-13-22(14-6-17)18-3-7-20(8-4-18)9-11-21-12-10-20;;/h16-19,21,23H,3-15H2,1-2H3;2*1H. The molecule has 0 bridgehead atoms. The fraction of sp³-hybridized carbons (Fsp3) is 1.00. The Morgan fingerprint density at radius 3 is 2.04 bits per heavy atom. The van der Waals surface area contributed by atoms with Gasteiger partial charge in [-0.05, 0) is 101 Å². The molecule has 0 aromatic heterocycles. The van der Waals surface area contributed by atoms with Gasteiger partial charge in [0.25, 0.3) is 0 Å². The zero-order valence-electron chi connectivity index (χ0n) is 16.2. The quantitative estimate of drug-likeness (QED) is 0.747. The minimum absolute atomic E-state index is 0. The molecule has 25 heavy (non-hydrogen) atoms. The van der Waals surface area contributed by atoms with E-state index in [1.54, 1.807) is 0 Å². The maximum Gasteiger partial charge on any atom is 0.0571 e. The van der Waals surface area contributed by atoms with Crippen LogP contribution in [0.3, 0.4) is 0 Å². The highest BCUT2D eigenvalue weighted by atomic mass is 35.5. The van der Waals surface area contributed by atoms with Gasteiger partial charge in [0.15, 0.2) is 0 Å². The summed E-state index contributed by atoms with van der Waals surface area (Å²) in [6.07, 6.45) is 11.9. The molecule has 5 heteroatoms. The van der Waals surface area contributed by atoms with Crippen molar-refractivity contribution >= 4 is 24.8 Å². The first-order valence-electron chi connectivity index (χ1n) is 10.2. The smallest absolute Gasteiger partial charge is 0.0571 e. The highest BCUT2D eigenvalue weighted by Gasteiger charge is 2.38. The van der Waals surface area contributed by atoms with Crippen molar-refractivity contribution in [1.29, 1.82) is 0 Å². The van der Waals surface area contributed by atoms with Crippen LogP contribution in [0.15, 0.2) is 0 Å². The van der Waals surface area contributed by atoms with Gasteiger partial charge in [0.2, 0.25) is 0 Å². The van der Waals surface area contributed by atoms with Crippen LogP contribution in [0, 0.1) is 17.3 Å². The fourth-order valence-corrected chi connectivity index (χ4v) is 5.38. The fourth-order valence-electron chi connectivity index (χ4n) is 5.38. The van der Waals surface area contributed by atoms with Gasteiger partial charge in [-0.25, -0.2) is 0 Å². The Bertz CT molecular complexity index is 357. The number of hydrogen-bond acceptors (Lipinski definition) is 3. The average Bonchev–Trinajstić information content (AvgIpc) is 2.56. The third-order valence-corrected chi connectivity index (χ3v) is 7.03. The summed E-state index contributed by atoms with van der Waals surface area (Å²) in [6, 6.07) is 0.832. The van der Waals surface area contributed by atoms with Crippen molar-refractivity contribution in [3.63, 3.8) is 0 Å². The molecule has 0 aromatic carbocycles. The summed E-state index contributed by atoms with van der Waals surface area (Å²) in [5.74, 6) is 1.16. The van der Waals surface area contributed by atoms with E-state index < -0.39 is 0 Å². The van der Waals surface area contributed by atoms with E-state index in [1.165, 1.54) is 77.5 Å². The Labute approximate surface area is 167 Å². The first kappa shape index (κ1) is 23.5. The van der Waals surface area contributed by atoms with Crippen LogP contribution in [0.5, 0.6) is 0 Å². The van der Waals surface area contributed by atoms with Crippen molar-refractivity contribution < 1.29 is 5.11 Å². The topological polar surface area (TPSA) is 35.5 Å². The molecule has 2 saturated heterocycles. The maximum atomic E-state index is 10.4. The Morgan fingerprint density at radius 2 is 1.52 bits per heavy atom. The molecule has 1 aliphatic carbocycles. The number of hydrogen-bond donors (Lipinski definition) is 2. The molecule has 2 aliphatic heterocycles. The number of rotatable bonds is 4. The zero-order valence-corrected chi connectivity index (χ0v) is 17.8. The van der Waals surface area contributed by atoms with E-state index in [0.29, 0.717) is 17.3 Å². The van der Waals surface area contributed by atoms with E-state index in [9.17, 15) is 5.11 Å². The first-order valence-corrected chi connectivity index (χ1v) is 10.2. The van der Waals surface area contributed by atoms with E-state index in [-0.39, 0.29) is 30.9 Å². The van der Waals surface area contributed by atoms with Gasteiger partial charge in [0.05, 0.1) is 6.10 Å². The second kappa shape index (κ2) is 10.7. The molecule has 3 nitrogen and oxygen atoms in total. The van der Waals surface area contributed by atoms with Gasteiger partial charge < -0.3 is 15.3 Å². The maximum absolute atomic E-state index is 10.4. The highest BCUT2D eigenvalue weighted by molar-refractivity contribution is 5.85. The van der Waals surface area contributed by atoms with E-state index in [2.05, 4.69) is 24.1 Å². The molecule has 3 aliphatic rings. The van der Waals surface area contributed by atoms with Crippen LogP contribution in [0.2, 0.25) is 0 Å². The lowest BCUT2D eigenvalue weighted by molar-refractivity contribution is 0.0126. The lowest BCUT2D eigenvalue weighted by atomic mass is 9.67. The second-order valence-electron chi connectivity index (χ2n) is 9.05. The number of piperidine rings is 2. The summed E-state index contributed by atoms with van der Waals surface area (Å²) in [4.78, 5) is 2.76. The number of aliphatic hydroxyl groups excluding tert-OH is 1. The SMILES string of the molecule is CC(C)CC(O)C1CCN(C2CCC3(CCNCC3)CC2)CC1.Cl.Cl. The summed E-state index contributed by atoms with van der Waals surface area (Å²) in [5, 5.41) is 13.9. The minimum atomic E-state index is -0.0680. The molecule has 150 valence electrons. The minimum Gasteiger partial charge on any atom is -0.393 e. The predicted octanol–water partition coefficient (Wildman–Crippen LogP) is 4.26. The Morgan fingerprint density at radius 1 is 0.960 bits per heavy atom. The molecule has 1 unspecified atom stereocenters. The van der Waals surface area contributed by atoms with Gasteiger partial charge in [0.1, 0.15) is 0 Å². The summed E-state index contributed by atoms with van der Waals surface area (Å²) < 4.78 is 0. The normalized spacial score (nSPS) is 26.9. The molecule has 0 amide bonds. The summed E-state index contributed by atoms with van der Waals surface area (Å²) >= 11 is 0. The van der Waals surface area contributed by atoms with Gasteiger partial charge in [-0.3, -0.25) is 0 Å². The van der Waals surface area contributed by atoms with Gasteiger partial charge in [-0.2, -0.15) is 0 Å². The molecular formula is C20H40Cl2N2O. The number of nitrogens with one attached hydrogen (secondary N) is 1. The van der Waals surface area contributed by atoms with E-state index in [1.807, 2.05) is 0 Å². The molecule has 0 aromatic rings. The molecular weight excluding hydrogens is 355 g/mol. The van der Waals surface area contributed by atoms with Crippen LogP contribution in [0.1, 0.15) is 71.6 Å². The molecule has 3 fully saturated rings. The van der Waals surface area contributed by atoms with Crippen molar-refractivity contribution in [3.8, 4) is 0 Å². The van der Waals surface area contributed by atoms with Crippen molar-refractivity contribution in [2.45, 2.75) is 83.8 Å². The lowest BCUT2D eigenvalue weighted by Crippen LogP contribution is -2.48. The van der Waals surface area contributed by atoms with Crippen LogP contribution in [0.25, 0.3) is 0 Å². The third kappa shape index (κ3) is 6.24. The van der Waals surface area contributed by atoms with Crippen molar-refractivity contribution in [2.24, 2.45) is 17.3 Å². The van der Waals surface area contributed by atoms with Crippen molar-refractivity contribution in [2.75, 3.05) is 26.2 Å². The molecule has 2 heterocycles. The van der Waals surface area contributed by atoms with E-state index in [0.717, 1.165) is 12.5 Å². The predicted molar refractivity (Wildman–Crippen MR) is 111 cm³/mol.